The van der Waals surface area contributed by atoms with E-state index in [4.69, 9.17) is 5.73 Å². The number of aliphatic imine (C=N–C) groups is 1. The molecule has 5 nitrogen and oxygen atoms in total. The monoisotopic (exact) mass is 472 g/mol. The van der Waals surface area contributed by atoms with Gasteiger partial charge in [-0.25, -0.2) is 4.99 Å². The van der Waals surface area contributed by atoms with Gasteiger partial charge >= 0.3 is 0 Å². The summed E-state index contributed by atoms with van der Waals surface area (Å²) in [5, 5.41) is 6.57. The Morgan fingerprint density at radius 1 is 1.16 bits per heavy atom. The zero-order chi connectivity index (χ0) is 17.4. The second kappa shape index (κ2) is 11.1. The van der Waals surface area contributed by atoms with Crippen molar-refractivity contribution < 1.29 is 4.79 Å². The third-order valence-electron chi connectivity index (χ3n) is 3.47. The van der Waals surface area contributed by atoms with E-state index in [1.807, 2.05) is 30.4 Å². The summed E-state index contributed by atoms with van der Waals surface area (Å²) in [5.41, 5.74) is 6.77. The molecule has 0 saturated carbocycles. The van der Waals surface area contributed by atoms with Crippen molar-refractivity contribution in [3.8, 4) is 0 Å². The van der Waals surface area contributed by atoms with Crippen LogP contribution < -0.4 is 16.4 Å². The Morgan fingerprint density at radius 2 is 1.92 bits per heavy atom. The van der Waals surface area contributed by atoms with Gasteiger partial charge in [0.15, 0.2) is 5.96 Å². The van der Waals surface area contributed by atoms with Gasteiger partial charge in [-0.15, -0.1) is 35.3 Å². The number of nitrogens with one attached hydrogen (secondary N) is 2. The number of hydrogen-bond donors (Lipinski definition) is 3. The first kappa shape index (κ1) is 21.4. The van der Waals surface area contributed by atoms with Crippen LogP contribution in [-0.2, 0) is 19.5 Å². The van der Waals surface area contributed by atoms with Gasteiger partial charge in [0, 0.05) is 21.9 Å². The first-order chi connectivity index (χ1) is 11.6. The molecule has 25 heavy (non-hydrogen) atoms. The summed E-state index contributed by atoms with van der Waals surface area (Å²) in [6, 6.07) is 11.6. The van der Waals surface area contributed by atoms with E-state index in [9.17, 15) is 4.79 Å². The van der Waals surface area contributed by atoms with Crippen LogP contribution in [0.3, 0.4) is 0 Å². The Kier molecular flexibility index (Phi) is 9.51. The molecule has 2 rings (SSSR count). The molecular weight excluding hydrogens is 447 g/mol. The van der Waals surface area contributed by atoms with Gasteiger partial charge < -0.3 is 16.4 Å². The lowest BCUT2D eigenvalue weighted by molar-refractivity contribution is 0.1000. The predicted octanol–water partition coefficient (Wildman–Crippen LogP) is 3.28. The predicted molar refractivity (Wildman–Crippen MR) is 116 cm³/mol. The van der Waals surface area contributed by atoms with Gasteiger partial charge in [-0.05, 0) is 43.2 Å². The molecular formula is C18H25IN4OS. The molecule has 2 aromatic rings. The van der Waals surface area contributed by atoms with E-state index in [1.54, 1.807) is 12.1 Å². The fourth-order valence-corrected chi connectivity index (χ4v) is 3.11. The van der Waals surface area contributed by atoms with Gasteiger partial charge in [0.2, 0.25) is 5.91 Å². The summed E-state index contributed by atoms with van der Waals surface area (Å²) in [7, 11) is 0. The van der Waals surface area contributed by atoms with Crippen LogP contribution in [0.5, 0.6) is 0 Å². The molecule has 1 aromatic carbocycles. The smallest absolute Gasteiger partial charge is 0.248 e. The third kappa shape index (κ3) is 7.03. The average Bonchev–Trinajstić information content (AvgIpc) is 3.05. The maximum absolute atomic E-state index is 11.2. The lowest BCUT2D eigenvalue weighted by Gasteiger charge is -2.10. The molecule has 0 radical (unpaired) electrons. The minimum Gasteiger partial charge on any atom is -0.366 e. The van der Waals surface area contributed by atoms with Crippen LogP contribution in [0.25, 0.3) is 0 Å². The van der Waals surface area contributed by atoms with E-state index < -0.39 is 5.91 Å². The highest BCUT2D eigenvalue weighted by atomic mass is 127. The fourth-order valence-electron chi connectivity index (χ4n) is 2.21. The molecule has 0 atom stereocenters. The van der Waals surface area contributed by atoms with Crippen molar-refractivity contribution in [2.24, 2.45) is 10.7 Å². The maximum atomic E-state index is 11.2. The van der Waals surface area contributed by atoms with Crippen molar-refractivity contribution in [3.63, 3.8) is 0 Å². The maximum Gasteiger partial charge on any atom is 0.248 e. The number of primary amides is 1. The summed E-state index contributed by atoms with van der Waals surface area (Å²) in [6.45, 7) is 6.22. The summed E-state index contributed by atoms with van der Waals surface area (Å²) < 4.78 is 0. The average molecular weight is 472 g/mol. The van der Waals surface area contributed by atoms with Gasteiger partial charge in [0.1, 0.15) is 0 Å². The number of carbonyl (C=O) groups is 1. The van der Waals surface area contributed by atoms with Gasteiger partial charge in [0.25, 0.3) is 0 Å². The van der Waals surface area contributed by atoms with Crippen LogP contribution in [0, 0.1) is 0 Å². The Balaban J connectivity index is 0.00000312. The zero-order valence-electron chi connectivity index (χ0n) is 14.5. The van der Waals surface area contributed by atoms with E-state index >= 15 is 0 Å². The number of halogens is 1. The van der Waals surface area contributed by atoms with Crippen molar-refractivity contribution in [1.29, 1.82) is 0 Å². The molecule has 0 aliphatic carbocycles. The first-order valence-corrected chi connectivity index (χ1v) is 8.92. The summed E-state index contributed by atoms with van der Waals surface area (Å²) in [5.74, 6) is 0.337. The van der Waals surface area contributed by atoms with Crippen LogP contribution in [0.4, 0.5) is 0 Å². The Morgan fingerprint density at radius 3 is 2.56 bits per heavy atom. The highest BCUT2D eigenvalue weighted by Crippen LogP contribution is 2.16. The van der Waals surface area contributed by atoms with E-state index in [1.165, 1.54) is 9.75 Å². The van der Waals surface area contributed by atoms with Crippen molar-refractivity contribution in [2.45, 2.75) is 33.4 Å². The number of benzene rings is 1. The summed E-state index contributed by atoms with van der Waals surface area (Å²) >= 11 is 1.82. The van der Waals surface area contributed by atoms with Crippen molar-refractivity contribution in [1.82, 2.24) is 10.6 Å². The molecule has 0 saturated heterocycles. The third-order valence-corrected chi connectivity index (χ3v) is 4.70. The molecule has 0 fully saturated rings. The molecule has 4 N–H and O–H groups in total. The Hall–Kier alpha value is -1.61. The highest BCUT2D eigenvalue weighted by molar-refractivity contribution is 14.0. The lowest BCUT2D eigenvalue weighted by Crippen LogP contribution is -2.36. The highest BCUT2D eigenvalue weighted by Gasteiger charge is 2.03. The molecule has 1 amide bonds. The Labute approximate surface area is 170 Å². The van der Waals surface area contributed by atoms with E-state index in [-0.39, 0.29) is 24.0 Å². The Bertz CT molecular complexity index is 715. The van der Waals surface area contributed by atoms with E-state index in [0.717, 1.165) is 31.0 Å². The number of rotatable bonds is 7. The molecule has 136 valence electrons. The molecule has 0 aliphatic heterocycles. The van der Waals surface area contributed by atoms with Crippen LogP contribution in [0.15, 0.2) is 41.4 Å². The summed E-state index contributed by atoms with van der Waals surface area (Å²) in [4.78, 5) is 18.5. The number of thiophene rings is 1. The van der Waals surface area contributed by atoms with Gasteiger partial charge in [-0.2, -0.15) is 0 Å². The molecule has 0 spiro atoms. The fraction of sp³-hybridized carbons (Fsp3) is 0.333. The van der Waals surface area contributed by atoms with Gasteiger partial charge in [-0.1, -0.05) is 19.1 Å². The zero-order valence-corrected chi connectivity index (χ0v) is 17.7. The molecule has 7 heteroatoms. The normalized spacial score (nSPS) is 10.9. The molecule has 1 heterocycles. The number of aryl methyl sites for hydroxylation is 1. The minimum atomic E-state index is -0.421. The topological polar surface area (TPSA) is 79.5 Å². The number of nitrogens with zero attached hydrogens (tertiary/aromatic N) is 1. The molecule has 0 unspecified atom stereocenters. The standard InChI is InChI=1S/C18H24N4OS.HI/c1-3-15-8-9-16(24-15)12-22-18(20-4-2)21-11-13-6-5-7-14(10-13)17(19)23;/h5-10H,3-4,11-12H2,1-2H3,(H2,19,23)(H2,20,21,22);1H. The SMILES string of the molecule is CCNC(=NCc1cccc(C(N)=O)c1)NCc1ccc(CC)s1.I. The number of nitrogens with two attached hydrogens (primary N) is 1. The van der Waals surface area contributed by atoms with Crippen LogP contribution in [0.1, 0.15) is 39.5 Å². The van der Waals surface area contributed by atoms with Gasteiger partial charge in [0.05, 0.1) is 13.1 Å². The van der Waals surface area contributed by atoms with Crippen LogP contribution >= 0.6 is 35.3 Å². The second-order valence-corrected chi connectivity index (χ2v) is 6.59. The number of amides is 1. The van der Waals surface area contributed by atoms with Crippen LogP contribution in [-0.4, -0.2) is 18.4 Å². The van der Waals surface area contributed by atoms with Gasteiger partial charge in [-0.3, -0.25) is 4.79 Å². The van der Waals surface area contributed by atoms with Crippen molar-refractivity contribution in [2.75, 3.05) is 6.54 Å². The number of carbonyl (C=O) groups excluding carboxylic acids is 1. The number of guanidine groups is 1. The lowest BCUT2D eigenvalue weighted by atomic mass is 10.1. The molecule has 1 aromatic heterocycles. The van der Waals surface area contributed by atoms with E-state index in [0.29, 0.717) is 12.1 Å². The summed E-state index contributed by atoms with van der Waals surface area (Å²) in [6.07, 6.45) is 1.06. The minimum absolute atomic E-state index is 0. The first-order valence-electron chi connectivity index (χ1n) is 8.10. The largest absolute Gasteiger partial charge is 0.366 e. The van der Waals surface area contributed by atoms with E-state index in [2.05, 4.69) is 34.7 Å². The molecule has 0 aliphatic rings. The molecule has 0 bridgehead atoms. The van der Waals surface area contributed by atoms with Crippen molar-refractivity contribution >= 4 is 47.2 Å². The number of hydrogen-bond acceptors (Lipinski definition) is 3. The van der Waals surface area contributed by atoms with Crippen molar-refractivity contribution in [3.05, 3.63) is 57.3 Å². The van der Waals surface area contributed by atoms with Crippen LogP contribution in [0.2, 0.25) is 0 Å². The quantitative estimate of drug-likeness (QED) is 0.329. The second-order valence-electron chi connectivity index (χ2n) is 5.33.